The molecule has 6 heteroatoms. The molecule has 1 fully saturated rings. The molecule has 0 bridgehead atoms. The van der Waals surface area contributed by atoms with Crippen molar-refractivity contribution < 1.29 is 4.74 Å². The summed E-state index contributed by atoms with van der Waals surface area (Å²) in [6.45, 7) is 5.85. The van der Waals surface area contributed by atoms with E-state index in [1.165, 1.54) is 21.6 Å². The van der Waals surface area contributed by atoms with Gasteiger partial charge < -0.3 is 14.6 Å². The van der Waals surface area contributed by atoms with Crippen molar-refractivity contribution in [1.82, 2.24) is 14.5 Å². The van der Waals surface area contributed by atoms with Crippen LogP contribution in [0.25, 0.3) is 27.2 Å². The third kappa shape index (κ3) is 3.54. The molecule has 29 heavy (non-hydrogen) atoms. The highest BCUT2D eigenvalue weighted by molar-refractivity contribution is 7.13. The zero-order valence-corrected chi connectivity index (χ0v) is 17.5. The first-order valence-electron chi connectivity index (χ1n) is 10.0. The summed E-state index contributed by atoms with van der Waals surface area (Å²) in [4.78, 5) is 10.6. The normalized spacial score (nSPS) is 15.1. The van der Waals surface area contributed by atoms with Crippen LogP contribution in [0.5, 0.6) is 0 Å². The summed E-state index contributed by atoms with van der Waals surface area (Å²) in [5.74, 6) is 0.911. The number of benzene rings is 1. The van der Waals surface area contributed by atoms with Crippen LogP contribution in [0.3, 0.4) is 0 Å². The Hall–Kier alpha value is -2.70. The van der Waals surface area contributed by atoms with Gasteiger partial charge in [0.15, 0.2) is 5.65 Å². The van der Waals surface area contributed by atoms with Gasteiger partial charge >= 0.3 is 0 Å². The van der Waals surface area contributed by atoms with Crippen LogP contribution >= 0.6 is 11.3 Å². The van der Waals surface area contributed by atoms with E-state index in [-0.39, 0.29) is 0 Å². The monoisotopic (exact) mass is 404 g/mol. The number of thiophene rings is 1. The number of nitrogens with one attached hydrogen (secondary N) is 1. The van der Waals surface area contributed by atoms with E-state index in [2.05, 4.69) is 75.6 Å². The van der Waals surface area contributed by atoms with Crippen molar-refractivity contribution in [3.8, 4) is 16.1 Å². The van der Waals surface area contributed by atoms with Crippen molar-refractivity contribution in [2.45, 2.75) is 32.7 Å². The molecule has 0 amide bonds. The van der Waals surface area contributed by atoms with E-state index in [9.17, 15) is 0 Å². The van der Waals surface area contributed by atoms with Gasteiger partial charge in [0.2, 0.25) is 0 Å². The quantitative estimate of drug-likeness (QED) is 0.498. The van der Waals surface area contributed by atoms with Gasteiger partial charge in [0.1, 0.15) is 12.1 Å². The van der Waals surface area contributed by atoms with E-state index >= 15 is 0 Å². The van der Waals surface area contributed by atoms with Gasteiger partial charge in [-0.1, -0.05) is 12.1 Å². The number of hydrogen-bond donors (Lipinski definition) is 1. The fourth-order valence-corrected chi connectivity index (χ4v) is 4.86. The lowest BCUT2D eigenvalue weighted by atomic mass is 10.1. The molecule has 0 unspecified atom stereocenters. The zero-order chi connectivity index (χ0) is 19.8. The Morgan fingerprint density at radius 2 is 1.97 bits per heavy atom. The molecule has 1 aliphatic heterocycles. The molecule has 0 radical (unpaired) electrons. The van der Waals surface area contributed by atoms with Gasteiger partial charge in [0, 0.05) is 41.6 Å². The molecule has 4 heterocycles. The predicted octanol–water partition coefficient (Wildman–Crippen LogP) is 5.36. The predicted molar refractivity (Wildman–Crippen MR) is 119 cm³/mol. The van der Waals surface area contributed by atoms with E-state index in [1.807, 2.05) is 0 Å². The van der Waals surface area contributed by atoms with E-state index in [1.54, 1.807) is 17.7 Å². The molecule has 0 spiro atoms. The van der Waals surface area contributed by atoms with Crippen molar-refractivity contribution in [2.24, 2.45) is 0 Å². The zero-order valence-electron chi connectivity index (χ0n) is 16.7. The maximum Gasteiger partial charge on any atom is 0.150 e. The topological polar surface area (TPSA) is 52.0 Å². The number of nitrogens with zero attached hydrogens (tertiary/aromatic N) is 3. The van der Waals surface area contributed by atoms with Crippen LogP contribution in [-0.2, 0) is 4.74 Å². The van der Waals surface area contributed by atoms with E-state index in [4.69, 9.17) is 4.74 Å². The molecule has 1 N–H and O–H groups in total. The van der Waals surface area contributed by atoms with Crippen LogP contribution in [0.2, 0.25) is 0 Å². The Kier molecular flexibility index (Phi) is 4.81. The molecule has 0 atom stereocenters. The number of anilines is 1. The summed E-state index contributed by atoms with van der Waals surface area (Å²) in [5.41, 5.74) is 5.73. The molecule has 0 saturated carbocycles. The van der Waals surface area contributed by atoms with Crippen LogP contribution in [-0.4, -0.2) is 33.8 Å². The van der Waals surface area contributed by atoms with Crippen LogP contribution in [0.15, 0.2) is 48.2 Å². The van der Waals surface area contributed by atoms with Crippen molar-refractivity contribution >= 4 is 28.2 Å². The van der Waals surface area contributed by atoms with Crippen molar-refractivity contribution in [1.29, 1.82) is 0 Å². The van der Waals surface area contributed by atoms with Gasteiger partial charge in [0.05, 0.1) is 5.39 Å². The molecule has 1 saturated heterocycles. The number of fused-ring (bicyclic) bond motifs is 1. The third-order valence-electron chi connectivity index (χ3n) is 5.42. The fourth-order valence-electron chi connectivity index (χ4n) is 3.94. The number of aromatic nitrogens is 3. The van der Waals surface area contributed by atoms with Crippen molar-refractivity contribution in [2.75, 3.05) is 18.5 Å². The molecule has 0 aliphatic carbocycles. The second-order valence-electron chi connectivity index (χ2n) is 7.69. The summed E-state index contributed by atoms with van der Waals surface area (Å²) in [7, 11) is 0. The lowest BCUT2D eigenvalue weighted by molar-refractivity contribution is 0.0904. The Balaban J connectivity index is 1.70. The van der Waals surface area contributed by atoms with Gasteiger partial charge in [-0.25, -0.2) is 9.97 Å². The third-order valence-corrected chi connectivity index (χ3v) is 6.50. The average Bonchev–Trinajstić information content (AvgIpc) is 3.33. The fraction of sp³-hybridized carbons (Fsp3) is 0.304. The summed E-state index contributed by atoms with van der Waals surface area (Å²) in [5, 5.41) is 6.96. The lowest BCUT2D eigenvalue weighted by Gasteiger charge is -2.24. The summed E-state index contributed by atoms with van der Waals surface area (Å²) in [6, 6.07) is 11.1. The minimum Gasteiger partial charge on any atom is -0.381 e. The van der Waals surface area contributed by atoms with E-state index < -0.39 is 0 Å². The molecule has 5 nitrogen and oxygen atoms in total. The number of rotatable bonds is 4. The Bertz CT molecular complexity index is 1160. The first-order valence-corrected chi connectivity index (χ1v) is 10.9. The first kappa shape index (κ1) is 18.3. The SMILES string of the molecule is Cc1cccc(-n2cc(-c3cc(C)cs3)c3c(NC4CCOCC4)ncnc32)c1. The molecule has 1 aliphatic rings. The van der Waals surface area contributed by atoms with E-state index in [0.29, 0.717) is 6.04 Å². The minimum atomic E-state index is 0.377. The molecule has 5 rings (SSSR count). The van der Waals surface area contributed by atoms with Gasteiger partial charge in [-0.2, -0.15) is 0 Å². The molecule has 148 valence electrons. The Morgan fingerprint density at radius 1 is 1.10 bits per heavy atom. The highest BCUT2D eigenvalue weighted by Crippen LogP contribution is 2.38. The lowest BCUT2D eigenvalue weighted by Crippen LogP contribution is -2.28. The standard InChI is InChI=1S/C23H24N4OS/c1-15-4-3-5-18(10-15)27-12-19(20-11-16(2)13-29-20)21-22(24-14-25-23(21)27)26-17-6-8-28-9-7-17/h3-5,10-14,17H,6-9H2,1-2H3,(H,24,25,26). The summed E-state index contributed by atoms with van der Waals surface area (Å²) < 4.78 is 7.70. The van der Waals surface area contributed by atoms with Gasteiger partial charge in [-0.05, 0) is 61.4 Å². The van der Waals surface area contributed by atoms with Crippen molar-refractivity contribution in [3.63, 3.8) is 0 Å². The van der Waals surface area contributed by atoms with Crippen LogP contribution in [0, 0.1) is 13.8 Å². The minimum absolute atomic E-state index is 0.377. The maximum absolute atomic E-state index is 5.52. The van der Waals surface area contributed by atoms with Crippen LogP contribution in [0.4, 0.5) is 5.82 Å². The van der Waals surface area contributed by atoms with Gasteiger partial charge in [0.25, 0.3) is 0 Å². The molecule has 1 aromatic carbocycles. The van der Waals surface area contributed by atoms with Gasteiger partial charge in [-0.15, -0.1) is 11.3 Å². The molecular formula is C23H24N4OS. The molecular weight excluding hydrogens is 380 g/mol. The Labute approximate surface area is 174 Å². The largest absolute Gasteiger partial charge is 0.381 e. The van der Waals surface area contributed by atoms with Gasteiger partial charge in [-0.3, -0.25) is 0 Å². The smallest absolute Gasteiger partial charge is 0.150 e. The second-order valence-corrected chi connectivity index (χ2v) is 8.60. The number of ether oxygens (including phenoxy) is 1. The highest BCUT2D eigenvalue weighted by atomic mass is 32.1. The Morgan fingerprint density at radius 3 is 2.72 bits per heavy atom. The highest BCUT2D eigenvalue weighted by Gasteiger charge is 2.21. The van der Waals surface area contributed by atoms with Crippen molar-refractivity contribution in [3.05, 3.63) is 59.4 Å². The van der Waals surface area contributed by atoms with Crippen LogP contribution < -0.4 is 5.32 Å². The van der Waals surface area contributed by atoms with Crippen LogP contribution in [0.1, 0.15) is 24.0 Å². The number of hydrogen-bond acceptors (Lipinski definition) is 5. The van der Waals surface area contributed by atoms with E-state index in [0.717, 1.165) is 48.6 Å². The average molecular weight is 405 g/mol. The summed E-state index contributed by atoms with van der Waals surface area (Å²) >= 11 is 1.77. The maximum atomic E-state index is 5.52. The first-order chi connectivity index (χ1) is 14.2. The second kappa shape index (κ2) is 7.61. The summed E-state index contributed by atoms with van der Waals surface area (Å²) in [6.07, 6.45) is 5.86. The molecule has 4 aromatic rings. The molecule has 3 aromatic heterocycles. The number of aryl methyl sites for hydroxylation is 2.